The molecule has 0 aliphatic carbocycles. The molecule has 182 valence electrons. The van der Waals surface area contributed by atoms with Gasteiger partial charge in [0.05, 0.1) is 12.7 Å². The Morgan fingerprint density at radius 2 is 1.88 bits per heavy atom. The SMILES string of the molecule is CC(C)N1CC(F)(F)C(=O)N(C)c2cnc(Nc3ccc(C(=O)NC4CCOCC4)cc3)nc21. The predicted octanol–water partition coefficient (Wildman–Crippen LogP) is 2.96. The van der Waals surface area contributed by atoms with E-state index in [0.29, 0.717) is 24.5 Å². The summed E-state index contributed by atoms with van der Waals surface area (Å²) in [6.45, 7) is 4.03. The number of nitrogens with zero attached hydrogens (tertiary/aromatic N) is 4. The number of rotatable bonds is 5. The lowest BCUT2D eigenvalue weighted by molar-refractivity contribution is -0.140. The summed E-state index contributed by atoms with van der Waals surface area (Å²) >= 11 is 0. The van der Waals surface area contributed by atoms with Crippen LogP contribution in [0.4, 0.5) is 31.9 Å². The van der Waals surface area contributed by atoms with Gasteiger partial charge >= 0.3 is 5.92 Å². The summed E-state index contributed by atoms with van der Waals surface area (Å²) in [5.74, 6) is -4.56. The minimum Gasteiger partial charge on any atom is -0.381 e. The molecule has 11 heteroatoms. The van der Waals surface area contributed by atoms with Gasteiger partial charge in [-0.2, -0.15) is 13.8 Å². The Morgan fingerprint density at radius 1 is 1.21 bits per heavy atom. The van der Waals surface area contributed by atoms with Crippen molar-refractivity contribution in [2.45, 2.75) is 44.7 Å². The Bertz CT molecular complexity index is 1060. The number of aromatic nitrogens is 2. The molecule has 2 amide bonds. The van der Waals surface area contributed by atoms with E-state index >= 15 is 0 Å². The maximum Gasteiger partial charge on any atom is 0.342 e. The zero-order valence-electron chi connectivity index (χ0n) is 19.3. The highest BCUT2D eigenvalue weighted by Crippen LogP contribution is 2.36. The number of benzene rings is 1. The van der Waals surface area contributed by atoms with Gasteiger partial charge in [-0.1, -0.05) is 0 Å². The summed E-state index contributed by atoms with van der Waals surface area (Å²) in [6.07, 6.45) is 2.94. The van der Waals surface area contributed by atoms with Gasteiger partial charge < -0.3 is 25.2 Å². The molecule has 0 saturated carbocycles. The molecule has 1 fully saturated rings. The first-order valence-electron chi connectivity index (χ1n) is 11.2. The van der Waals surface area contributed by atoms with Gasteiger partial charge in [-0.15, -0.1) is 0 Å². The van der Waals surface area contributed by atoms with Crippen molar-refractivity contribution in [2.24, 2.45) is 0 Å². The standard InChI is InChI=1S/C23H28F2N6O3/c1-14(2)31-13-23(24,25)21(33)30(3)18-12-26-22(29-19(18)31)28-16-6-4-15(5-7-16)20(32)27-17-8-10-34-11-9-17/h4-7,12,14,17H,8-11,13H2,1-3H3,(H,27,32)(H,26,28,29). The second kappa shape index (κ2) is 9.49. The van der Waals surface area contributed by atoms with Crippen LogP contribution >= 0.6 is 0 Å². The van der Waals surface area contributed by atoms with Crippen molar-refractivity contribution in [3.05, 3.63) is 36.0 Å². The molecule has 9 nitrogen and oxygen atoms in total. The summed E-state index contributed by atoms with van der Waals surface area (Å²) in [6, 6.07) is 6.60. The molecule has 0 unspecified atom stereocenters. The third kappa shape index (κ3) is 4.93. The largest absolute Gasteiger partial charge is 0.381 e. The molecule has 2 N–H and O–H groups in total. The third-order valence-corrected chi connectivity index (χ3v) is 5.95. The number of carbonyl (C=O) groups excluding carboxylic acids is 2. The lowest BCUT2D eigenvalue weighted by atomic mass is 10.1. The summed E-state index contributed by atoms with van der Waals surface area (Å²) in [7, 11) is 1.29. The number of amides is 2. The molecule has 0 spiro atoms. The fraction of sp³-hybridized carbons (Fsp3) is 0.478. The third-order valence-electron chi connectivity index (χ3n) is 5.95. The van der Waals surface area contributed by atoms with Crippen LogP contribution < -0.4 is 20.4 Å². The van der Waals surface area contributed by atoms with E-state index in [-0.39, 0.29) is 35.4 Å². The maximum absolute atomic E-state index is 14.4. The number of hydrogen-bond donors (Lipinski definition) is 2. The highest BCUT2D eigenvalue weighted by Gasteiger charge is 2.47. The molecular weight excluding hydrogens is 446 g/mol. The van der Waals surface area contributed by atoms with Crippen molar-refractivity contribution in [2.75, 3.05) is 41.9 Å². The molecule has 3 heterocycles. The summed E-state index contributed by atoms with van der Waals surface area (Å²) in [5, 5.41) is 6.05. The molecular formula is C23H28F2N6O3. The average Bonchev–Trinajstić information content (AvgIpc) is 2.89. The van der Waals surface area contributed by atoms with Crippen molar-refractivity contribution in [1.29, 1.82) is 0 Å². The van der Waals surface area contributed by atoms with Gasteiger partial charge in [-0.3, -0.25) is 9.59 Å². The van der Waals surface area contributed by atoms with E-state index in [2.05, 4.69) is 20.6 Å². The molecule has 0 atom stereocenters. The highest BCUT2D eigenvalue weighted by atomic mass is 19.3. The van der Waals surface area contributed by atoms with E-state index in [1.165, 1.54) is 18.1 Å². The number of fused-ring (bicyclic) bond motifs is 1. The van der Waals surface area contributed by atoms with E-state index in [9.17, 15) is 18.4 Å². The molecule has 2 aromatic rings. The van der Waals surface area contributed by atoms with E-state index in [4.69, 9.17) is 4.74 Å². The lowest BCUT2D eigenvalue weighted by Crippen LogP contribution is -2.47. The number of halogens is 2. The first-order chi connectivity index (χ1) is 16.2. The summed E-state index contributed by atoms with van der Waals surface area (Å²) in [5.41, 5.74) is 1.36. The van der Waals surface area contributed by atoms with Crippen LogP contribution in [-0.2, 0) is 9.53 Å². The van der Waals surface area contributed by atoms with Gasteiger partial charge in [0.15, 0.2) is 5.82 Å². The minimum absolute atomic E-state index is 0.105. The first-order valence-corrected chi connectivity index (χ1v) is 11.2. The van der Waals surface area contributed by atoms with Crippen molar-refractivity contribution >= 4 is 35.0 Å². The second-order valence-corrected chi connectivity index (χ2v) is 8.76. The Hall–Kier alpha value is -3.34. The Kier molecular flexibility index (Phi) is 6.65. The van der Waals surface area contributed by atoms with Crippen LogP contribution in [0.2, 0.25) is 0 Å². The van der Waals surface area contributed by atoms with Crippen LogP contribution in [0.15, 0.2) is 30.5 Å². The molecule has 0 bridgehead atoms. The van der Waals surface area contributed by atoms with Crippen LogP contribution in [0, 0.1) is 0 Å². The van der Waals surface area contributed by atoms with Crippen LogP contribution in [0.3, 0.4) is 0 Å². The van der Waals surface area contributed by atoms with Crippen LogP contribution in [0.5, 0.6) is 0 Å². The number of carbonyl (C=O) groups is 2. The molecule has 1 aromatic heterocycles. The van der Waals surface area contributed by atoms with Gasteiger partial charge in [0.2, 0.25) is 5.95 Å². The lowest BCUT2D eigenvalue weighted by Gasteiger charge is -2.28. The van der Waals surface area contributed by atoms with Gasteiger partial charge in [0.1, 0.15) is 5.69 Å². The Labute approximate surface area is 196 Å². The number of anilines is 4. The van der Waals surface area contributed by atoms with Crippen LogP contribution in [0.1, 0.15) is 37.0 Å². The van der Waals surface area contributed by atoms with E-state index in [1.54, 1.807) is 38.1 Å². The molecule has 4 rings (SSSR count). The molecule has 34 heavy (non-hydrogen) atoms. The molecule has 0 radical (unpaired) electrons. The quantitative estimate of drug-likeness (QED) is 0.687. The Morgan fingerprint density at radius 3 is 2.53 bits per heavy atom. The van der Waals surface area contributed by atoms with Crippen LogP contribution in [-0.4, -0.2) is 66.6 Å². The normalized spacial score (nSPS) is 18.5. The van der Waals surface area contributed by atoms with Crippen molar-refractivity contribution in [3.8, 4) is 0 Å². The number of alkyl halides is 2. The van der Waals surface area contributed by atoms with Gasteiger partial charge in [0.25, 0.3) is 11.8 Å². The summed E-state index contributed by atoms with van der Waals surface area (Å²) < 4.78 is 34.2. The maximum atomic E-state index is 14.4. The number of ether oxygens (including phenoxy) is 1. The topological polar surface area (TPSA) is 99.7 Å². The second-order valence-electron chi connectivity index (χ2n) is 8.76. The molecule has 2 aliphatic rings. The fourth-order valence-electron chi connectivity index (χ4n) is 3.96. The molecule has 1 saturated heterocycles. The summed E-state index contributed by atoms with van der Waals surface area (Å²) in [4.78, 5) is 35.7. The average molecular weight is 475 g/mol. The predicted molar refractivity (Wildman–Crippen MR) is 124 cm³/mol. The van der Waals surface area contributed by atoms with Crippen molar-refractivity contribution < 1.29 is 23.1 Å². The van der Waals surface area contributed by atoms with E-state index in [1.807, 2.05) is 0 Å². The zero-order valence-corrected chi connectivity index (χ0v) is 19.3. The molecule has 1 aromatic carbocycles. The van der Waals surface area contributed by atoms with Crippen molar-refractivity contribution in [1.82, 2.24) is 15.3 Å². The number of nitrogens with one attached hydrogen (secondary N) is 2. The Balaban J connectivity index is 1.52. The van der Waals surface area contributed by atoms with Gasteiger partial charge in [-0.05, 0) is 51.0 Å². The minimum atomic E-state index is -3.55. The van der Waals surface area contributed by atoms with Crippen LogP contribution in [0.25, 0.3) is 0 Å². The number of hydrogen-bond acceptors (Lipinski definition) is 7. The van der Waals surface area contributed by atoms with Gasteiger partial charge in [-0.25, -0.2) is 4.98 Å². The monoisotopic (exact) mass is 474 g/mol. The smallest absolute Gasteiger partial charge is 0.342 e. The van der Waals surface area contributed by atoms with E-state index < -0.39 is 18.4 Å². The first kappa shape index (κ1) is 23.8. The fourth-order valence-corrected chi connectivity index (χ4v) is 3.96. The highest BCUT2D eigenvalue weighted by molar-refractivity contribution is 6.02. The molecule has 2 aliphatic heterocycles. The van der Waals surface area contributed by atoms with Gasteiger partial charge in [0, 0.05) is 43.6 Å². The zero-order chi connectivity index (χ0) is 24.5. The van der Waals surface area contributed by atoms with Crippen molar-refractivity contribution in [3.63, 3.8) is 0 Å². The van der Waals surface area contributed by atoms with E-state index in [0.717, 1.165) is 17.7 Å².